The minimum absolute atomic E-state index is 0. The largest absolute Gasteiger partial charge is 0.497 e. The number of aryl methyl sites for hydroxylation is 4. The van der Waals surface area contributed by atoms with E-state index in [9.17, 15) is 26.4 Å². The predicted octanol–water partition coefficient (Wildman–Crippen LogP) is 9.21. The summed E-state index contributed by atoms with van der Waals surface area (Å²) in [4.78, 5) is 30.3. The van der Waals surface area contributed by atoms with E-state index in [0.29, 0.717) is 52.4 Å². The molecule has 0 spiro atoms. The zero-order chi connectivity index (χ0) is 58.6. The summed E-state index contributed by atoms with van der Waals surface area (Å²) in [7, 11) is 2.39. The van der Waals surface area contributed by atoms with E-state index in [1.165, 1.54) is 80.7 Å². The van der Waals surface area contributed by atoms with Gasteiger partial charge in [0.05, 0.1) is 37.2 Å². The molecule has 80 heavy (non-hydrogen) atoms. The molecule has 2 aliphatic heterocycles. The molecule has 4 aromatic rings. The van der Waals surface area contributed by atoms with Gasteiger partial charge in [-0.25, -0.2) is 21.6 Å². The molecule has 4 atom stereocenters. The first-order valence-corrected chi connectivity index (χ1v) is 30.4. The van der Waals surface area contributed by atoms with Crippen molar-refractivity contribution in [3.05, 3.63) is 117 Å². The van der Waals surface area contributed by atoms with Gasteiger partial charge in [0.1, 0.15) is 24.7 Å². The van der Waals surface area contributed by atoms with Crippen LogP contribution in [-0.2, 0) is 65.3 Å². The monoisotopic (exact) mass is 1150 g/mol. The Morgan fingerprint density at radius 1 is 0.588 bits per heavy atom. The number of hydrogen-bond acceptors (Lipinski definition) is 13. The van der Waals surface area contributed by atoms with Crippen molar-refractivity contribution in [1.82, 2.24) is 28.6 Å². The lowest BCUT2D eigenvalue weighted by Gasteiger charge is -2.39. The zero-order valence-electron chi connectivity index (χ0n) is 49.6. The number of piperidine rings is 2. The van der Waals surface area contributed by atoms with Crippen molar-refractivity contribution in [1.29, 1.82) is 0 Å². The van der Waals surface area contributed by atoms with E-state index in [2.05, 4.69) is 91.3 Å². The zero-order valence-corrected chi connectivity index (χ0v) is 51.3. The first-order chi connectivity index (χ1) is 37.3. The van der Waals surface area contributed by atoms with Gasteiger partial charge in [0.15, 0.2) is 0 Å². The van der Waals surface area contributed by atoms with Crippen molar-refractivity contribution in [3.63, 3.8) is 0 Å². The number of aliphatic carboxylic acids is 1. The summed E-state index contributed by atoms with van der Waals surface area (Å²) < 4.78 is 74.7. The molecule has 2 heterocycles. The Hall–Kier alpha value is -4.96. The molecule has 0 aromatic heterocycles. The quantitative estimate of drug-likeness (QED) is 0.0632. The van der Waals surface area contributed by atoms with E-state index in [1.54, 1.807) is 71.0 Å². The van der Waals surface area contributed by atoms with Crippen LogP contribution in [0, 0.1) is 27.7 Å². The van der Waals surface area contributed by atoms with Crippen molar-refractivity contribution >= 4 is 31.9 Å². The van der Waals surface area contributed by atoms with Crippen LogP contribution < -0.4 is 14.8 Å². The lowest BCUT2D eigenvalue weighted by atomic mass is 9.96. The SMILES string of the molecule is C.CNCc1ccc(CN2[C@H](C)CCC[C@@H]2C)cc1.COc1cc(C)c(S(=O)(=O)N(C)CCOCC(=O)N(C)Cc2ccc(CN3[C@H](C)CCC[C@@H]3C)cc2)c(C)c1.COc1cc(C)c(S(=O)(=O)N(C)CCOCC(=O)O)c(C)c1. The number of amides is 1. The molecule has 6 rings (SSSR count). The molecule has 4 aromatic carbocycles. The average Bonchev–Trinajstić information content (AvgIpc) is 3.39. The summed E-state index contributed by atoms with van der Waals surface area (Å²) in [6, 6.07) is 26.9. The van der Waals surface area contributed by atoms with Gasteiger partial charge in [-0.15, -0.1) is 0 Å². The van der Waals surface area contributed by atoms with Gasteiger partial charge in [-0.05, 0) is 157 Å². The summed E-state index contributed by atoms with van der Waals surface area (Å²) in [6.45, 7) is 19.6. The molecule has 0 saturated carbocycles. The van der Waals surface area contributed by atoms with E-state index in [1.807, 2.05) is 7.05 Å². The van der Waals surface area contributed by atoms with Gasteiger partial charge in [0.2, 0.25) is 26.0 Å². The number of ether oxygens (including phenoxy) is 4. The molecule has 17 nitrogen and oxygen atoms in total. The Balaban J connectivity index is 0.000000346. The molecule has 2 aliphatic rings. The number of sulfonamides is 2. The van der Waals surface area contributed by atoms with Crippen LogP contribution in [0.5, 0.6) is 11.5 Å². The maximum Gasteiger partial charge on any atom is 0.329 e. The second-order valence-electron chi connectivity index (χ2n) is 21.3. The van der Waals surface area contributed by atoms with Gasteiger partial charge in [-0.2, -0.15) is 8.61 Å². The number of benzene rings is 4. The highest BCUT2D eigenvalue weighted by atomic mass is 32.2. The molecule has 0 bridgehead atoms. The summed E-state index contributed by atoms with van der Waals surface area (Å²) in [5, 5.41) is 11.7. The number of carbonyl (C=O) groups excluding carboxylic acids is 1. The summed E-state index contributed by atoms with van der Waals surface area (Å²) >= 11 is 0. The minimum Gasteiger partial charge on any atom is -0.497 e. The molecule has 1 amide bonds. The molecule has 19 heteroatoms. The number of nitrogens with zero attached hydrogens (tertiary/aromatic N) is 5. The highest BCUT2D eigenvalue weighted by molar-refractivity contribution is 7.89. The lowest BCUT2D eigenvalue weighted by Crippen LogP contribution is -2.42. The first kappa shape index (κ1) is 69.3. The van der Waals surface area contributed by atoms with E-state index in [4.69, 9.17) is 24.1 Å². The third kappa shape index (κ3) is 20.5. The van der Waals surface area contributed by atoms with E-state index < -0.39 is 32.6 Å². The van der Waals surface area contributed by atoms with Crippen LogP contribution in [0.1, 0.15) is 118 Å². The maximum atomic E-state index is 13.1. The van der Waals surface area contributed by atoms with Crippen molar-refractivity contribution in [3.8, 4) is 11.5 Å². The fraction of sp³-hybridized carbons (Fsp3) is 0.574. The molecule has 0 unspecified atom stereocenters. The van der Waals surface area contributed by atoms with Gasteiger partial charge in [0, 0.05) is 84.6 Å². The number of rotatable bonds is 24. The molecular weight excluding hydrogens is 1060 g/mol. The summed E-state index contributed by atoms with van der Waals surface area (Å²) in [5.74, 6) is -0.0219. The van der Waals surface area contributed by atoms with Crippen LogP contribution >= 0.6 is 0 Å². The number of methoxy groups -OCH3 is 2. The third-order valence-corrected chi connectivity index (χ3v) is 19.3. The number of likely N-dealkylation sites (N-methyl/N-ethyl adjacent to an activating group) is 3. The van der Waals surface area contributed by atoms with Crippen molar-refractivity contribution in [2.24, 2.45) is 0 Å². The highest BCUT2D eigenvalue weighted by Crippen LogP contribution is 2.30. The second-order valence-corrected chi connectivity index (χ2v) is 25.3. The molecule has 0 radical (unpaired) electrons. The number of likely N-dealkylation sites (tertiary alicyclic amines) is 2. The van der Waals surface area contributed by atoms with Crippen LogP contribution in [0.25, 0.3) is 0 Å². The number of nitrogens with one attached hydrogen (secondary N) is 1. The minimum atomic E-state index is -3.70. The van der Waals surface area contributed by atoms with Crippen LogP contribution in [0.3, 0.4) is 0 Å². The van der Waals surface area contributed by atoms with Gasteiger partial charge >= 0.3 is 5.97 Å². The second kappa shape index (κ2) is 33.2. The average molecular weight is 1150 g/mol. The molecular formula is C61H96N6O11S2. The highest BCUT2D eigenvalue weighted by Gasteiger charge is 2.29. The Kier molecular flexibility index (Phi) is 28.8. The van der Waals surface area contributed by atoms with E-state index in [0.717, 1.165) is 41.6 Å². The standard InChI is InChI=1S/C30H45N3O5S.C16H26N2.C14H21NO6S.CH4/c1-22-17-28(37-7)18-23(2)30(22)39(35,36)32(6)15-16-38-21-29(34)31(5)19-26-11-13-27(14-12-26)20-33-24(3)9-8-10-25(33)4;1-13-5-4-6-14(2)18(13)12-16-9-7-15(8-10-16)11-17-3;1-10-7-12(20-4)8-11(2)14(10)22(18,19)15(3)5-6-21-9-13(16)17;/h11-14,17-18,24-25H,8-10,15-16,19-21H2,1-7H3;7-10,13-14,17H,4-6,11-12H2,1-3H3;7-8H,5-6,9H2,1-4H3,(H,16,17);1H4/t24-,25+;13-,14+;;. The van der Waals surface area contributed by atoms with Crippen LogP contribution in [0.15, 0.2) is 82.6 Å². The van der Waals surface area contributed by atoms with E-state index in [-0.39, 0.29) is 56.0 Å². The van der Waals surface area contributed by atoms with Crippen molar-refractivity contribution in [2.45, 2.75) is 161 Å². The van der Waals surface area contributed by atoms with Gasteiger partial charge in [0.25, 0.3) is 0 Å². The Morgan fingerprint density at radius 3 is 1.26 bits per heavy atom. The number of carboxylic acid groups (broad SMARTS) is 1. The third-order valence-electron chi connectivity index (χ3n) is 15.0. The van der Waals surface area contributed by atoms with Gasteiger partial charge < -0.3 is 34.3 Å². The molecule has 0 aliphatic carbocycles. The Bertz CT molecular complexity index is 2710. The first-order valence-electron chi connectivity index (χ1n) is 27.5. The number of hydrogen-bond donors (Lipinski definition) is 2. The number of carboxylic acids is 1. The maximum absolute atomic E-state index is 13.1. The molecule has 2 fully saturated rings. The Morgan fingerprint density at radius 2 is 0.925 bits per heavy atom. The predicted molar refractivity (Wildman–Crippen MR) is 319 cm³/mol. The van der Waals surface area contributed by atoms with Crippen molar-refractivity contribution < 1.29 is 50.5 Å². The fourth-order valence-corrected chi connectivity index (χ4v) is 13.4. The van der Waals surface area contributed by atoms with E-state index >= 15 is 0 Å². The topological polar surface area (TPSA) is 188 Å². The molecule has 2 saturated heterocycles. The van der Waals surface area contributed by atoms with Gasteiger partial charge in [-0.3, -0.25) is 14.6 Å². The van der Waals surface area contributed by atoms with Crippen LogP contribution in [0.2, 0.25) is 0 Å². The molecule has 2 N–H and O–H groups in total. The van der Waals surface area contributed by atoms with Gasteiger partial charge in [-0.1, -0.05) is 68.8 Å². The van der Waals surface area contributed by atoms with Crippen LogP contribution in [0.4, 0.5) is 0 Å². The summed E-state index contributed by atoms with van der Waals surface area (Å²) in [6.07, 6.45) is 7.90. The lowest BCUT2D eigenvalue weighted by molar-refractivity contribution is -0.142. The number of carbonyl (C=O) groups is 2. The summed E-state index contributed by atoms with van der Waals surface area (Å²) in [5.41, 5.74) is 7.59. The normalized spacial score (nSPS) is 17.9. The van der Waals surface area contributed by atoms with Crippen molar-refractivity contribution in [2.75, 3.05) is 81.9 Å². The molecule has 448 valence electrons. The Labute approximate surface area is 481 Å². The van der Waals surface area contributed by atoms with Crippen LogP contribution in [-0.4, -0.2) is 163 Å². The fourth-order valence-electron chi connectivity index (χ4n) is 10.3. The smallest absolute Gasteiger partial charge is 0.329 e.